The lowest BCUT2D eigenvalue weighted by molar-refractivity contribution is 0.129. The van der Waals surface area contributed by atoms with Crippen molar-refractivity contribution in [1.29, 1.82) is 0 Å². The molecule has 0 aliphatic rings. The molecule has 0 radical (unpaired) electrons. The Morgan fingerprint density at radius 1 is 1.32 bits per heavy atom. The summed E-state index contributed by atoms with van der Waals surface area (Å²) < 4.78 is 5.17. The molecule has 6 heteroatoms. The van der Waals surface area contributed by atoms with E-state index in [9.17, 15) is 9.90 Å². The summed E-state index contributed by atoms with van der Waals surface area (Å²) in [5.41, 5.74) is 3.31. The second-order valence-electron chi connectivity index (χ2n) is 6.52. The monoisotopic (exact) mass is 345 g/mol. The third-order valence-electron chi connectivity index (χ3n) is 3.99. The van der Waals surface area contributed by atoms with Crippen LogP contribution in [0.5, 0.6) is 0 Å². The van der Waals surface area contributed by atoms with Gasteiger partial charge in [0.1, 0.15) is 11.9 Å². The average molecular weight is 345 g/mol. The van der Waals surface area contributed by atoms with Gasteiger partial charge < -0.3 is 25.1 Å². The normalized spacial score (nSPS) is 13.2. The summed E-state index contributed by atoms with van der Waals surface area (Å²) >= 11 is 0. The van der Waals surface area contributed by atoms with Gasteiger partial charge in [-0.25, -0.2) is 4.79 Å². The van der Waals surface area contributed by atoms with E-state index in [4.69, 9.17) is 4.42 Å². The fraction of sp³-hybridized carbons (Fsp3) is 0.421. The van der Waals surface area contributed by atoms with Gasteiger partial charge in [-0.1, -0.05) is 12.1 Å². The molecule has 2 atom stereocenters. The van der Waals surface area contributed by atoms with E-state index in [1.54, 1.807) is 12.1 Å². The van der Waals surface area contributed by atoms with Crippen molar-refractivity contribution >= 4 is 11.7 Å². The minimum Gasteiger partial charge on any atom is -0.467 e. The predicted molar refractivity (Wildman–Crippen MR) is 98.6 cm³/mol. The van der Waals surface area contributed by atoms with Crippen molar-refractivity contribution in [2.45, 2.75) is 39.0 Å². The molecular weight excluding hydrogens is 318 g/mol. The standard InChI is InChI=1S/C19H27N3O3/c1-13-7-8-15(16(10-13)22(3)4)12-20-19(24)21-14(2)11-17(23)18-6-5-9-25-18/h5-10,14,17,23H,11-12H2,1-4H3,(H2,20,21,24). The lowest BCUT2D eigenvalue weighted by atomic mass is 10.1. The van der Waals surface area contributed by atoms with Gasteiger partial charge in [0.2, 0.25) is 0 Å². The van der Waals surface area contributed by atoms with Gasteiger partial charge >= 0.3 is 6.03 Å². The van der Waals surface area contributed by atoms with Crippen LogP contribution in [0.25, 0.3) is 0 Å². The van der Waals surface area contributed by atoms with Crippen LogP contribution < -0.4 is 15.5 Å². The van der Waals surface area contributed by atoms with Crippen molar-refractivity contribution in [2.24, 2.45) is 0 Å². The van der Waals surface area contributed by atoms with Crippen LogP contribution in [0.2, 0.25) is 0 Å². The number of anilines is 1. The fourth-order valence-corrected chi connectivity index (χ4v) is 2.68. The van der Waals surface area contributed by atoms with Crippen molar-refractivity contribution in [2.75, 3.05) is 19.0 Å². The number of aryl methyl sites for hydroxylation is 1. The number of rotatable bonds is 7. The Hall–Kier alpha value is -2.47. The van der Waals surface area contributed by atoms with Crippen LogP contribution in [-0.4, -0.2) is 31.3 Å². The summed E-state index contributed by atoms with van der Waals surface area (Å²) in [6.07, 6.45) is 1.17. The molecule has 3 N–H and O–H groups in total. The quantitative estimate of drug-likeness (QED) is 0.721. The lowest BCUT2D eigenvalue weighted by Crippen LogP contribution is -2.41. The second kappa shape index (κ2) is 8.58. The maximum Gasteiger partial charge on any atom is 0.315 e. The van der Waals surface area contributed by atoms with Crippen molar-refractivity contribution < 1.29 is 14.3 Å². The molecule has 0 aliphatic carbocycles. The minimum atomic E-state index is -0.734. The molecule has 0 bridgehead atoms. The first-order valence-electron chi connectivity index (χ1n) is 8.39. The van der Waals surface area contributed by atoms with Gasteiger partial charge in [-0.2, -0.15) is 0 Å². The van der Waals surface area contributed by atoms with Gasteiger partial charge in [0.05, 0.1) is 6.26 Å². The first-order chi connectivity index (χ1) is 11.9. The van der Waals surface area contributed by atoms with E-state index in [0.29, 0.717) is 18.7 Å². The van der Waals surface area contributed by atoms with Gasteiger partial charge in [0, 0.05) is 38.8 Å². The SMILES string of the molecule is Cc1ccc(CNC(=O)NC(C)CC(O)c2ccco2)c(N(C)C)c1. The first-order valence-corrected chi connectivity index (χ1v) is 8.39. The summed E-state index contributed by atoms with van der Waals surface area (Å²) in [7, 11) is 3.97. The van der Waals surface area contributed by atoms with Crippen LogP contribution in [0.1, 0.15) is 36.3 Å². The molecule has 2 rings (SSSR count). The van der Waals surface area contributed by atoms with Crippen molar-refractivity contribution in [1.82, 2.24) is 10.6 Å². The first kappa shape index (κ1) is 18.9. The van der Waals surface area contributed by atoms with Crippen molar-refractivity contribution in [3.63, 3.8) is 0 Å². The number of hydrogen-bond acceptors (Lipinski definition) is 4. The number of aliphatic hydroxyl groups excluding tert-OH is 1. The molecule has 1 aromatic carbocycles. The van der Waals surface area contributed by atoms with Crippen molar-refractivity contribution in [3.05, 3.63) is 53.5 Å². The molecule has 0 saturated carbocycles. The van der Waals surface area contributed by atoms with Gasteiger partial charge in [-0.3, -0.25) is 0 Å². The number of carbonyl (C=O) groups excluding carboxylic acids is 1. The highest BCUT2D eigenvalue weighted by Crippen LogP contribution is 2.20. The van der Waals surface area contributed by atoms with Crippen LogP contribution >= 0.6 is 0 Å². The van der Waals surface area contributed by atoms with Crippen LogP contribution in [0.3, 0.4) is 0 Å². The Kier molecular flexibility index (Phi) is 6.47. The summed E-state index contributed by atoms with van der Waals surface area (Å²) in [5, 5.41) is 15.8. The Morgan fingerprint density at radius 3 is 2.72 bits per heavy atom. The van der Waals surface area contributed by atoms with Crippen LogP contribution in [0.15, 0.2) is 41.0 Å². The van der Waals surface area contributed by atoms with Gasteiger partial charge in [-0.05, 0) is 43.2 Å². The lowest BCUT2D eigenvalue weighted by Gasteiger charge is -2.20. The molecule has 136 valence electrons. The van der Waals surface area contributed by atoms with Gasteiger partial charge in [0.25, 0.3) is 0 Å². The number of hydrogen-bond donors (Lipinski definition) is 3. The molecule has 0 fully saturated rings. The zero-order chi connectivity index (χ0) is 18.4. The molecule has 2 unspecified atom stereocenters. The summed E-state index contributed by atoms with van der Waals surface area (Å²) in [4.78, 5) is 14.1. The van der Waals surface area contributed by atoms with Crippen LogP contribution in [0, 0.1) is 6.92 Å². The fourth-order valence-electron chi connectivity index (χ4n) is 2.68. The largest absolute Gasteiger partial charge is 0.467 e. The molecule has 25 heavy (non-hydrogen) atoms. The highest BCUT2D eigenvalue weighted by Gasteiger charge is 2.16. The zero-order valence-corrected chi connectivity index (χ0v) is 15.2. The third kappa shape index (κ3) is 5.53. The van der Waals surface area contributed by atoms with E-state index in [2.05, 4.69) is 16.7 Å². The number of nitrogens with one attached hydrogen (secondary N) is 2. The molecule has 2 amide bonds. The van der Waals surface area contributed by atoms with Crippen LogP contribution in [-0.2, 0) is 6.54 Å². The van der Waals surface area contributed by atoms with Gasteiger partial charge in [0.15, 0.2) is 0 Å². The summed E-state index contributed by atoms with van der Waals surface area (Å²) in [5.74, 6) is 0.504. The Balaban J connectivity index is 1.84. The Labute approximate surface area is 148 Å². The van der Waals surface area contributed by atoms with E-state index in [-0.39, 0.29) is 12.1 Å². The van der Waals surface area contributed by atoms with Crippen molar-refractivity contribution in [3.8, 4) is 0 Å². The number of furan rings is 1. The number of nitrogens with zero attached hydrogens (tertiary/aromatic N) is 1. The molecule has 1 heterocycles. The molecular formula is C19H27N3O3. The number of carbonyl (C=O) groups is 1. The zero-order valence-electron chi connectivity index (χ0n) is 15.2. The van der Waals surface area contributed by atoms with E-state index >= 15 is 0 Å². The Bertz CT molecular complexity index is 683. The summed E-state index contributed by atoms with van der Waals surface area (Å²) in [6, 6.07) is 9.15. The molecule has 1 aromatic heterocycles. The van der Waals surface area contributed by atoms with Crippen LogP contribution in [0.4, 0.5) is 10.5 Å². The Morgan fingerprint density at radius 2 is 2.08 bits per heavy atom. The maximum atomic E-state index is 12.1. The number of amides is 2. The minimum absolute atomic E-state index is 0.188. The topological polar surface area (TPSA) is 77.7 Å². The average Bonchev–Trinajstić information content (AvgIpc) is 3.07. The van der Waals surface area contributed by atoms with E-state index in [1.807, 2.05) is 45.0 Å². The molecule has 0 spiro atoms. The number of urea groups is 1. The summed E-state index contributed by atoms with van der Waals surface area (Å²) in [6.45, 7) is 4.33. The number of aliphatic hydroxyl groups is 1. The highest BCUT2D eigenvalue weighted by molar-refractivity contribution is 5.74. The predicted octanol–water partition coefficient (Wildman–Crippen LogP) is 2.97. The van der Waals surface area contributed by atoms with E-state index in [1.165, 1.54) is 11.8 Å². The van der Waals surface area contributed by atoms with E-state index < -0.39 is 6.10 Å². The molecule has 6 nitrogen and oxygen atoms in total. The molecule has 2 aromatic rings. The number of benzene rings is 1. The molecule has 0 saturated heterocycles. The highest BCUT2D eigenvalue weighted by atomic mass is 16.4. The van der Waals surface area contributed by atoms with Gasteiger partial charge in [-0.15, -0.1) is 0 Å². The maximum absolute atomic E-state index is 12.1. The third-order valence-corrected chi connectivity index (χ3v) is 3.99. The second-order valence-corrected chi connectivity index (χ2v) is 6.52. The van der Waals surface area contributed by atoms with E-state index in [0.717, 1.165) is 11.3 Å². The smallest absolute Gasteiger partial charge is 0.315 e. The molecule has 0 aliphatic heterocycles.